The quantitative estimate of drug-likeness (QED) is 0.912. The lowest BCUT2D eigenvalue weighted by Gasteiger charge is -2.14. The van der Waals surface area contributed by atoms with Crippen LogP contribution in [-0.4, -0.2) is 37.1 Å². The van der Waals surface area contributed by atoms with Crippen LogP contribution in [0.4, 0.5) is 5.95 Å². The molecule has 2 N–H and O–H groups in total. The Morgan fingerprint density at radius 1 is 1.47 bits per heavy atom. The highest BCUT2D eigenvalue weighted by Crippen LogP contribution is 2.26. The van der Waals surface area contributed by atoms with Crippen LogP contribution in [0, 0.1) is 0 Å². The molecule has 1 atom stereocenters. The fourth-order valence-corrected chi connectivity index (χ4v) is 3.23. The van der Waals surface area contributed by atoms with Crippen molar-refractivity contribution in [2.45, 2.75) is 13.0 Å². The number of hydrogen-bond acceptors (Lipinski definition) is 5. The molecule has 2 aromatic rings. The molecule has 1 unspecified atom stereocenters. The summed E-state index contributed by atoms with van der Waals surface area (Å²) >= 11 is 0. The molecule has 6 nitrogen and oxygen atoms in total. The zero-order chi connectivity index (χ0) is 14.2. The number of imidazole rings is 1. The molecule has 0 radical (unpaired) electrons. The van der Waals surface area contributed by atoms with E-state index in [2.05, 4.69) is 4.98 Å². The second-order valence-corrected chi connectivity index (χ2v) is 6.82. The van der Waals surface area contributed by atoms with E-state index in [0.29, 0.717) is 17.2 Å². The molecule has 0 saturated heterocycles. The van der Waals surface area contributed by atoms with Crippen LogP contribution < -0.4 is 10.5 Å². The number of ether oxygens (including phenoxy) is 1. The molecular formula is C12H17N3O3S. The second-order valence-electron chi connectivity index (χ2n) is 4.64. The maximum Gasteiger partial charge on any atom is 0.201 e. The Labute approximate surface area is 112 Å². The van der Waals surface area contributed by atoms with E-state index in [4.69, 9.17) is 10.5 Å². The summed E-state index contributed by atoms with van der Waals surface area (Å²) in [4.78, 5) is 4.24. The van der Waals surface area contributed by atoms with Gasteiger partial charge in [0, 0.05) is 18.4 Å². The lowest BCUT2D eigenvalue weighted by molar-refractivity contribution is 0.415. The van der Waals surface area contributed by atoms with Crippen molar-refractivity contribution >= 4 is 26.8 Å². The Hall–Kier alpha value is -1.76. The number of hydrogen-bond donors (Lipinski definition) is 1. The average molecular weight is 283 g/mol. The van der Waals surface area contributed by atoms with Crippen LogP contribution in [0.25, 0.3) is 11.0 Å². The van der Waals surface area contributed by atoms with Gasteiger partial charge in [-0.2, -0.15) is 0 Å². The Kier molecular flexibility index (Phi) is 3.40. The van der Waals surface area contributed by atoms with Crippen molar-refractivity contribution in [3.05, 3.63) is 18.2 Å². The Bertz CT molecular complexity index is 706. The first-order valence-electron chi connectivity index (χ1n) is 5.81. The van der Waals surface area contributed by atoms with E-state index >= 15 is 0 Å². The number of rotatable bonds is 4. The van der Waals surface area contributed by atoms with Gasteiger partial charge in [-0.3, -0.25) is 0 Å². The van der Waals surface area contributed by atoms with Gasteiger partial charge in [0.2, 0.25) is 5.95 Å². The number of fused-ring (bicyclic) bond motifs is 1. The molecule has 0 aliphatic rings. The summed E-state index contributed by atoms with van der Waals surface area (Å²) in [5.74, 6) is 1.02. The summed E-state index contributed by atoms with van der Waals surface area (Å²) in [6.07, 6.45) is 1.21. The first-order valence-corrected chi connectivity index (χ1v) is 7.87. The predicted molar refractivity (Wildman–Crippen MR) is 75.1 cm³/mol. The largest absolute Gasteiger partial charge is 0.497 e. The SMILES string of the molecule is COc1ccc2c(c1)nc(N)n2C(C)CS(C)(=O)=O. The number of nitrogens with zero attached hydrogens (tertiary/aromatic N) is 2. The van der Waals surface area contributed by atoms with Crippen LogP contribution in [0.2, 0.25) is 0 Å². The summed E-state index contributed by atoms with van der Waals surface area (Å²) in [6.45, 7) is 1.81. The molecule has 0 amide bonds. The molecule has 1 heterocycles. The van der Waals surface area contributed by atoms with Gasteiger partial charge in [-0.15, -0.1) is 0 Å². The van der Waals surface area contributed by atoms with Crippen molar-refractivity contribution in [2.24, 2.45) is 0 Å². The number of methoxy groups -OCH3 is 1. The highest BCUT2D eigenvalue weighted by atomic mass is 32.2. The van der Waals surface area contributed by atoms with Gasteiger partial charge >= 0.3 is 0 Å². The normalized spacial score (nSPS) is 13.6. The van der Waals surface area contributed by atoms with Gasteiger partial charge in [0.05, 0.1) is 23.9 Å². The molecule has 0 saturated carbocycles. The number of aromatic nitrogens is 2. The van der Waals surface area contributed by atoms with Crippen molar-refractivity contribution in [3.8, 4) is 5.75 Å². The van der Waals surface area contributed by atoms with Crippen molar-refractivity contribution in [2.75, 3.05) is 24.9 Å². The van der Waals surface area contributed by atoms with Crippen LogP contribution in [0.15, 0.2) is 18.2 Å². The van der Waals surface area contributed by atoms with Gasteiger partial charge in [-0.1, -0.05) is 0 Å². The lowest BCUT2D eigenvalue weighted by atomic mass is 10.3. The average Bonchev–Trinajstić information content (AvgIpc) is 2.61. The number of sulfone groups is 1. The molecule has 104 valence electrons. The number of nitrogen functional groups attached to an aromatic ring is 1. The summed E-state index contributed by atoms with van der Waals surface area (Å²) < 4.78 is 29.6. The fourth-order valence-electron chi connectivity index (χ4n) is 2.20. The molecule has 2 rings (SSSR count). The van der Waals surface area contributed by atoms with Crippen molar-refractivity contribution in [1.29, 1.82) is 0 Å². The van der Waals surface area contributed by atoms with Crippen LogP contribution in [0.5, 0.6) is 5.75 Å². The smallest absolute Gasteiger partial charge is 0.201 e. The lowest BCUT2D eigenvalue weighted by Crippen LogP contribution is -2.18. The molecule has 0 fully saturated rings. The topological polar surface area (TPSA) is 87.2 Å². The monoisotopic (exact) mass is 283 g/mol. The Morgan fingerprint density at radius 2 is 2.16 bits per heavy atom. The molecule has 0 aliphatic carbocycles. The van der Waals surface area contributed by atoms with Gasteiger partial charge in [0.1, 0.15) is 15.6 Å². The van der Waals surface area contributed by atoms with Gasteiger partial charge in [0.15, 0.2) is 0 Å². The maximum absolute atomic E-state index is 11.4. The minimum Gasteiger partial charge on any atom is -0.497 e. The van der Waals surface area contributed by atoms with Crippen molar-refractivity contribution in [3.63, 3.8) is 0 Å². The molecular weight excluding hydrogens is 266 g/mol. The van der Waals surface area contributed by atoms with Crippen LogP contribution >= 0.6 is 0 Å². The van der Waals surface area contributed by atoms with Gasteiger partial charge in [0.25, 0.3) is 0 Å². The van der Waals surface area contributed by atoms with Gasteiger partial charge in [-0.25, -0.2) is 13.4 Å². The third kappa shape index (κ3) is 2.81. The molecule has 7 heteroatoms. The summed E-state index contributed by atoms with van der Waals surface area (Å²) in [5, 5.41) is 0. The molecule has 0 bridgehead atoms. The second kappa shape index (κ2) is 4.73. The van der Waals surface area contributed by atoms with E-state index in [-0.39, 0.29) is 11.8 Å². The zero-order valence-corrected chi connectivity index (χ0v) is 11.9. The Morgan fingerprint density at radius 3 is 2.74 bits per heavy atom. The molecule has 0 aliphatic heterocycles. The van der Waals surface area contributed by atoms with Crippen LogP contribution in [0.3, 0.4) is 0 Å². The standard InChI is InChI=1S/C12H17N3O3S/c1-8(7-19(3,16)17)15-11-5-4-9(18-2)6-10(11)14-12(15)13/h4-6,8H,7H2,1-3H3,(H2,13,14). The first-order chi connectivity index (χ1) is 8.81. The van der Waals surface area contributed by atoms with Gasteiger partial charge in [-0.05, 0) is 19.1 Å². The highest BCUT2D eigenvalue weighted by molar-refractivity contribution is 7.90. The first kappa shape index (κ1) is 13.7. The molecule has 0 spiro atoms. The van der Waals surface area contributed by atoms with E-state index < -0.39 is 9.84 Å². The third-order valence-electron chi connectivity index (χ3n) is 2.91. The summed E-state index contributed by atoms with van der Waals surface area (Å²) in [6, 6.07) is 5.13. The van der Waals surface area contributed by atoms with E-state index in [9.17, 15) is 8.42 Å². The number of nitrogens with two attached hydrogens (primary N) is 1. The number of anilines is 1. The fraction of sp³-hybridized carbons (Fsp3) is 0.417. The predicted octanol–water partition coefficient (Wildman–Crippen LogP) is 1.23. The maximum atomic E-state index is 11.4. The number of benzene rings is 1. The molecule has 1 aromatic heterocycles. The molecule has 1 aromatic carbocycles. The zero-order valence-electron chi connectivity index (χ0n) is 11.1. The minimum absolute atomic E-state index is 0.0225. The third-order valence-corrected chi connectivity index (χ3v) is 4.00. The molecule has 19 heavy (non-hydrogen) atoms. The van der Waals surface area contributed by atoms with Crippen LogP contribution in [0.1, 0.15) is 13.0 Å². The Balaban J connectivity index is 2.51. The van der Waals surface area contributed by atoms with E-state index in [1.165, 1.54) is 6.26 Å². The van der Waals surface area contributed by atoms with E-state index in [1.54, 1.807) is 23.8 Å². The van der Waals surface area contributed by atoms with Crippen molar-refractivity contribution in [1.82, 2.24) is 9.55 Å². The van der Waals surface area contributed by atoms with E-state index in [0.717, 1.165) is 5.52 Å². The highest BCUT2D eigenvalue weighted by Gasteiger charge is 2.18. The van der Waals surface area contributed by atoms with E-state index in [1.807, 2.05) is 13.0 Å². The summed E-state index contributed by atoms with van der Waals surface area (Å²) in [7, 11) is -1.50. The van der Waals surface area contributed by atoms with Gasteiger partial charge < -0.3 is 15.0 Å². The summed E-state index contributed by atoms with van der Waals surface area (Å²) in [5.41, 5.74) is 7.37. The van der Waals surface area contributed by atoms with Crippen LogP contribution in [-0.2, 0) is 9.84 Å². The minimum atomic E-state index is -3.08. The van der Waals surface area contributed by atoms with Crippen molar-refractivity contribution < 1.29 is 13.2 Å².